The second kappa shape index (κ2) is 8.07. The Morgan fingerprint density at radius 1 is 1.30 bits per heavy atom. The molecule has 1 N–H and O–H groups in total. The number of nitrogens with zero attached hydrogens (tertiary/aromatic N) is 1. The SMILES string of the molecule is CC(C)(C)OC(=O)NCCC=Cc1cc(C=O)cc([N+](=O)[O-])c1. The highest BCUT2D eigenvalue weighted by atomic mass is 16.6. The van der Waals surface area contributed by atoms with E-state index < -0.39 is 16.6 Å². The van der Waals surface area contributed by atoms with Gasteiger partial charge in [-0.2, -0.15) is 0 Å². The van der Waals surface area contributed by atoms with Crippen LogP contribution in [0.25, 0.3) is 6.08 Å². The number of carbonyl (C=O) groups is 2. The fourth-order valence-electron chi connectivity index (χ4n) is 1.72. The van der Waals surface area contributed by atoms with Crippen LogP contribution in [0.3, 0.4) is 0 Å². The maximum Gasteiger partial charge on any atom is 0.407 e. The van der Waals surface area contributed by atoms with Crippen LogP contribution in [0, 0.1) is 10.1 Å². The Labute approximate surface area is 134 Å². The summed E-state index contributed by atoms with van der Waals surface area (Å²) in [6.45, 7) is 5.71. The van der Waals surface area contributed by atoms with Gasteiger partial charge in [-0.1, -0.05) is 12.2 Å². The second-order valence-electron chi connectivity index (χ2n) is 5.85. The number of alkyl carbamates (subject to hydrolysis) is 1. The van der Waals surface area contributed by atoms with Crippen LogP contribution in [0.5, 0.6) is 0 Å². The number of amides is 1. The van der Waals surface area contributed by atoms with E-state index in [9.17, 15) is 19.7 Å². The number of nitrogens with one attached hydrogen (secondary N) is 1. The summed E-state index contributed by atoms with van der Waals surface area (Å²) in [5.74, 6) is 0. The smallest absolute Gasteiger partial charge is 0.407 e. The van der Waals surface area contributed by atoms with Crippen molar-refractivity contribution in [2.24, 2.45) is 0 Å². The number of nitro groups is 1. The molecule has 7 nitrogen and oxygen atoms in total. The van der Waals surface area contributed by atoms with Gasteiger partial charge in [0.2, 0.25) is 0 Å². The summed E-state index contributed by atoms with van der Waals surface area (Å²) >= 11 is 0. The molecule has 0 atom stereocenters. The van der Waals surface area contributed by atoms with Crippen molar-refractivity contribution in [3.05, 3.63) is 45.5 Å². The summed E-state index contributed by atoms with van der Waals surface area (Å²) in [6.07, 6.45) is 4.01. The summed E-state index contributed by atoms with van der Waals surface area (Å²) in [4.78, 5) is 32.5. The van der Waals surface area contributed by atoms with Gasteiger partial charge in [-0.15, -0.1) is 0 Å². The van der Waals surface area contributed by atoms with Gasteiger partial charge in [-0.25, -0.2) is 4.79 Å². The zero-order valence-electron chi connectivity index (χ0n) is 13.4. The number of non-ortho nitro benzene ring substituents is 1. The van der Waals surface area contributed by atoms with Crippen LogP contribution in [0.15, 0.2) is 24.3 Å². The van der Waals surface area contributed by atoms with Crippen LogP contribution in [-0.2, 0) is 4.74 Å². The number of aldehydes is 1. The molecule has 124 valence electrons. The van der Waals surface area contributed by atoms with Gasteiger partial charge >= 0.3 is 6.09 Å². The highest BCUT2D eigenvalue weighted by Crippen LogP contribution is 2.17. The van der Waals surface area contributed by atoms with Crippen LogP contribution in [0.2, 0.25) is 0 Å². The predicted molar refractivity (Wildman–Crippen MR) is 86.4 cm³/mol. The number of benzene rings is 1. The highest BCUT2D eigenvalue weighted by molar-refractivity contribution is 5.78. The van der Waals surface area contributed by atoms with E-state index in [1.54, 1.807) is 39.0 Å². The first-order valence-corrected chi connectivity index (χ1v) is 7.09. The third-order valence-corrected chi connectivity index (χ3v) is 2.60. The molecule has 0 heterocycles. The van der Waals surface area contributed by atoms with E-state index in [1.165, 1.54) is 12.1 Å². The van der Waals surface area contributed by atoms with E-state index in [4.69, 9.17) is 4.74 Å². The van der Waals surface area contributed by atoms with E-state index in [2.05, 4.69) is 5.32 Å². The molecule has 23 heavy (non-hydrogen) atoms. The number of hydrogen-bond donors (Lipinski definition) is 1. The van der Waals surface area contributed by atoms with E-state index in [0.29, 0.717) is 24.8 Å². The van der Waals surface area contributed by atoms with Crippen LogP contribution in [-0.4, -0.2) is 29.4 Å². The molecular weight excluding hydrogens is 300 g/mol. The molecule has 0 spiro atoms. The van der Waals surface area contributed by atoms with Gasteiger partial charge in [-0.3, -0.25) is 14.9 Å². The van der Waals surface area contributed by atoms with Crippen molar-refractivity contribution in [1.82, 2.24) is 5.32 Å². The molecule has 0 bridgehead atoms. The summed E-state index contributed by atoms with van der Waals surface area (Å²) in [6, 6.07) is 4.15. The molecule has 0 unspecified atom stereocenters. The molecule has 1 aromatic rings. The fourth-order valence-corrected chi connectivity index (χ4v) is 1.72. The summed E-state index contributed by atoms with van der Waals surface area (Å²) in [7, 11) is 0. The number of hydrogen-bond acceptors (Lipinski definition) is 5. The molecule has 1 rings (SSSR count). The van der Waals surface area contributed by atoms with E-state index >= 15 is 0 Å². The lowest BCUT2D eigenvalue weighted by molar-refractivity contribution is -0.384. The molecule has 0 aromatic heterocycles. The number of ether oxygens (including phenoxy) is 1. The normalized spacial score (nSPS) is 11.3. The van der Waals surface area contributed by atoms with E-state index in [1.807, 2.05) is 0 Å². The minimum Gasteiger partial charge on any atom is -0.444 e. The highest BCUT2D eigenvalue weighted by Gasteiger charge is 2.15. The lowest BCUT2D eigenvalue weighted by atomic mass is 10.1. The summed E-state index contributed by atoms with van der Waals surface area (Å²) in [5.41, 5.74) is 0.110. The molecule has 0 fully saturated rings. The Kier molecular flexibility index (Phi) is 6.44. The standard InChI is InChI=1S/C16H20N2O5/c1-16(2,3)23-15(20)17-7-5-4-6-12-8-13(11-19)10-14(9-12)18(21)22/h4,6,8-11H,5,7H2,1-3H3,(H,17,20). The molecule has 0 aliphatic carbocycles. The zero-order chi connectivity index (χ0) is 17.5. The van der Waals surface area contributed by atoms with Crippen LogP contribution >= 0.6 is 0 Å². The first-order valence-electron chi connectivity index (χ1n) is 7.09. The monoisotopic (exact) mass is 320 g/mol. The van der Waals surface area contributed by atoms with Crippen LogP contribution in [0.1, 0.15) is 43.1 Å². The van der Waals surface area contributed by atoms with Crippen molar-refractivity contribution in [1.29, 1.82) is 0 Å². The molecule has 0 saturated heterocycles. The third-order valence-electron chi connectivity index (χ3n) is 2.60. The minimum absolute atomic E-state index is 0.138. The third kappa shape index (κ3) is 7.21. The maximum absolute atomic E-state index is 11.4. The first kappa shape index (κ1) is 18.3. The predicted octanol–water partition coefficient (Wildman–Crippen LogP) is 3.34. The lowest BCUT2D eigenvalue weighted by Gasteiger charge is -2.19. The average Bonchev–Trinajstić information content (AvgIpc) is 2.44. The van der Waals surface area contributed by atoms with Gasteiger partial charge in [0.15, 0.2) is 0 Å². The second-order valence-corrected chi connectivity index (χ2v) is 5.85. The quantitative estimate of drug-likeness (QED) is 0.375. The number of rotatable bonds is 6. The molecule has 0 saturated carbocycles. The van der Waals surface area contributed by atoms with Gasteiger partial charge < -0.3 is 10.1 Å². The molecule has 7 heteroatoms. The molecule has 1 amide bonds. The topological polar surface area (TPSA) is 98.5 Å². The van der Waals surface area contributed by atoms with Crippen LogP contribution in [0.4, 0.5) is 10.5 Å². The van der Waals surface area contributed by atoms with Crippen LogP contribution < -0.4 is 5.32 Å². The van der Waals surface area contributed by atoms with E-state index in [-0.39, 0.29) is 11.3 Å². The maximum atomic E-state index is 11.4. The Hall–Kier alpha value is -2.70. The zero-order valence-corrected chi connectivity index (χ0v) is 13.4. The summed E-state index contributed by atoms with van der Waals surface area (Å²) in [5, 5.41) is 13.4. The van der Waals surface area contributed by atoms with Gasteiger partial charge in [0.05, 0.1) is 4.92 Å². The number of nitro benzene ring substituents is 1. The average molecular weight is 320 g/mol. The Balaban J connectivity index is 2.55. The summed E-state index contributed by atoms with van der Waals surface area (Å²) < 4.78 is 5.09. The van der Waals surface area contributed by atoms with Gasteiger partial charge in [0.25, 0.3) is 5.69 Å². The Morgan fingerprint density at radius 3 is 2.52 bits per heavy atom. The number of carbonyl (C=O) groups excluding carboxylic acids is 2. The molecule has 0 aliphatic heterocycles. The van der Waals surface area contributed by atoms with Gasteiger partial charge in [-0.05, 0) is 38.8 Å². The lowest BCUT2D eigenvalue weighted by Crippen LogP contribution is -2.32. The van der Waals surface area contributed by atoms with Crippen molar-refractivity contribution in [3.8, 4) is 0 Å². The van der Waals surface area contributed by atoms with Crippen molar-refractivity contribution >= 4 is 24.1 Å². The molecule has 0 aliphatic rings. The molecule has 0 radical (unpaired) electrons. The molecular formula is C16H20N2O5. The largest absolute Gasteiger partial charge is 0.444 e. The van der Waals surface area contributed by atoms with Gasteiger partial charge in [0, 0.05) is 24.2 Å². The Bertz CT molecular complexity index is 617. The van der Waals surface area contributed by atoms with Crippen molar-refractivity contribution in [3.63, 3.8) is 0 Å². The fraction of sp³-hybridized carbons (Fsp3) is 0.375. The van der Waals surface area contributed by atoms with Crippen molar-refractivity contribution < 1.29 is 19.2 Å². The molecule has 1 aromatic carbocycles. The van der Waals surface area contributed by atoms with Gasteiger partial charge in [0.1, 0.15) is 11.9 Å². The minimum atomic E-state index is -0.547. The first-order chi connectivity index (χ1) is 10.7. The van der Waals surface area contributed by atoms with E-state index in [0.717, 1.165) is 0 Å². The van der Waals surface area contributed by atoms with Crippen molar-refractivity contribution in [2.75, 3.05) is 6.54 Å². The Morgan fingerprint density at radius 2 is 1.96 bits per heavy atom. The van der Waals surface area contributed by atoms with Crippen molar-refractivity contribution in [2.45, 2.75) is 32.8 Å².